The van der Waals surface area contributed by atoms with Crippen molar-refractivity contribution >= 4 is 0 Å². The highest BCUT2D eigenvalue weighted by Gasteiger charge is 2.56. The van der Waals surface area contributed by atoms with Gasteiger partial charge in [-0.05, 0) is 45.1 Å². The van der Waals surface area contributed by atoms with Gasteiger partial charge in [0.15, 0.2) is 0 Å². The van der Waals surface area contributed by atoms with Crippen molar-refractivity contribution < 1.29 is 4.74 Å². The molecule has 3 atom stereocenters. The van der Waals surface area contributed by atoms with Crippen molar-refractivity contribution in [1.82, 2.24) is 5.32 Å². The molecular formula is C16H31NO. The zero-order valence-corrected chi connectivity index (χ0v) is 12.7. The van der Waals surface area contributed by atoms with Gasteiger partial charge in [-0.1, -0.05) is 33.6 Å². The first kappa shape index (κ1) is 14.3. The van der Waals surface area contributed by atoms with Crippen molar-refractivity contribution in [3.63, 3.8) is 0 Å². The third-order valence-electron chi connectivity index (χ3n) is 5.28. The first-order chi connectivity index (χ1) is 8.60. The molecule has 2 fully saturated rings. The number of ether oxygens (including phenoxy) is 1. The summed E-state index contributed by atoms with van der Waals surface area (Å²) in [4.78, 5) is 0. The highest BCUT2D eigenvalue weighted by molar-refractivity contribution is 5.10. The van der Waals surface area contributed by atoms with E-state index < -0.39 is 0 Å². The summed E-state index contributed by atoms with van der Waals surface area (Å²) in [6.07, 6.45) is 8.96. The van der Waals surface area contributed by atoms with Crippen LogP contribution in [-0.4, -0.2) is 24.8 Å². The molecule has 0 amide bonds. The lowest BCUT2D eigenvalue weighted by Crippen LogP contribution is -2.63. The van der Waals surface area contributed by atoms with Gasteiger partial charge in [0.05, 0.1) is 12.2 Å². The molecule has 2 saturated carbocycles. The van der Waals surface area contributed by atoms with E-state index in [2.05, 4.69) is 33.0 Å². The van der Waals surface area contributed by atoms with Crippen LogP contribution in [0, 0.1) is 11.3 Å². The zero-order valence-electron chi connectivity index (χ0n) is 12.7. The Kier molecular flexibility index (Phi) is 4.71. The predicted molar refractivity (Wildman–Crippen MR) is 76.8 cm³/mol. The molecule has 2 aliphatic rings. The molecule has 0 heterocycles. The topological polar surface area (TPSA) is 21.3 Å². The Bertz CT molecular complexity index is 258. The molecule has 0 bridgehead atoms. The van der Waals surface area contributed by atoms with Crippen molar-refractivity contribution in [3.05, 3.63) is 0 Å². The summed E-state index contributed by atoms with van der Waals surface area (Å²) in [5.41, 5.74) is 0.484. The number of hydrogen-bond acceptors (Lipinski definition) is 2. The molecule has 3 unspecified atom stereocenters. The quantitative estimate of drug-likeness (QED) is 0.778. The summed E-state index contributed by atoms with van der Waals surface area (Å²) in [6, 6.07) is 0.726. The molecule has 1 spiro atoms. The Morgan fingerprint density at radius 2 is 1.89 bits per heavy atom. The molecule has 18 heavy (non-hydrogen) atoms. The molecule has 2 heteroatoms. The maximum Gasteiger partial charge on any atom is 0.0665 e. The van der Waals surface area contributed by atoms with E-state index in [1.54, 1.807) is 0 Å². The second-order valence-electron chi connectivity index (χ2n) is 6.76. The van der Waals surface area contributed by atoms with Crippen molar-refractivity contribution in [2.45, 2.75) is 84.5 Å². The van der Waals surface area contributed by atoms with Gasteiger partial charge in [0.25, 0.3) is 0 Å². The molecule has 2 rings (SSSR count). The number of rotatable bonds is 6. The number of nitrogens with one attached hydrogen (secondary N) is 1. The Balaban J connectivity index is 1.92. The van der Waals surface area contributed by atoms with E-state index >= 15 is 0 Å². The second kappa shape index (κ2) is 5.92. The SMILES string of the molecule is CCCNC1CC(OC(C)C(C)C)C12CCCC2. The smallest absolute Gasteiger partial charge is 0.0665 e. The average Bonchev–Trinajstić information content (AvgIpc) is 2.84. The summed E-state index contributed by atoms with van der Waals surface area (Å²) >= 11 is 0. The van der Waals surface area contributed by atoms with E-state index in [-0.39, 0.29) is 0 Å². The lowest BCUT2D eigenvalue weighted by atomic mass is 9.60. The van der Waals surface area contributed by atoms with Crippen molar-refractivity contribution in [1.29, 1.82) is 0 Å². The maximum atomic E-state index is 6.36. The Morgan fingerprint density at radius 1 is 1.22 bits per heavy atom. The number of hydrogen-bond donors (Lipinski definition) is 1. The van der Waals surface area contributed by atoms with Crippen molar-refractivity contribution in [2.75, 3.05) is 6.54 Å². The summed E-state index contributed by atoms with van der Waals surface area (Å²) in [5, 5.41) is 3.75. The van der Waals surface area contributed by atoms with Gasteiger partial charge < -0.3 is 10.1 Å². The van der Waals surface area contributed by atoms with Gasteiger partial charge in [-0.2, -0.15) is 0 Å². The fourth-order valence-corrected chi connectivity index (χ4v) is 3.66. The molecular weight excluding hydrogens is 222 g/mol. The summed E-state index contributed by atoms with van der Waals surface area (Å²) in [6.45, 7) is 10.2. The van der Waals surface area contributed by atoms with Crippen molar-refractivity contribution in [2.24, 2.45) is 11.3 Å². The van der Waals surface area contributed by atoms with Gasteiger partial charge in [0, 0.05) is 11.5 Å². The molecule has 106 valence electrons. The van der Waals surface area contributed by atoms with Crippen molar-refractivity contribution in [3.8, 4) is 0 Å². The maximum absolute atomic E-state index is 6.36. The fourth-order valence-electron chi connectivity index (χ4n) is 3.66. The van der Waals surface area contributed by atoms with Crippen LogP contribution in [0.5, 0.6) is 0 Å². The normalized spacial score (nSPS) is 31.8. The van der Waals surface area contributed by atoms with Gasteiger partial charge in [-0.25, -0.2) is 0 Å². The molecule has 1 N–H and O–H groups in total. The second-order valence-corrected chi connectivity index (χ2v) is 6.76. The van der Waals surface area contributed by atoms with Crippen LogP contribution in [0.4, 0.5) is 0 Å². The van der Waals surface area contributed by atoms with Gasteiger partial charge in [-0.15, -0.1) is 0 Å². The van der Waals surface area contributed by atoms with Crippen LogP contribution >= 0.6 is 0 Å². The Hall–Kier alpha value is -0.0800. The first-order valence-electron chi connectivity index (χ1n) is 7.99. The minimum absolute atomic E-state index is 0.402. The van der Waals surface area contributed by atoms with Gasteiger partial charge in [0.1, 0.15) is 0 Å². The van der Waals surface area contributed by atoms with E-state index in [9.17, 15) is 0 Å². The highest BCUT2D eigenvalue weighted by Crippen LogP contribution is 2.55. The molecule has 0 radical (unpaired) electrons. The molecule has 2 aliphatic carbocycles. The Labute approximate surface area is 113 Å². The largest absolute Gasteiger partial charge is 0.374 e. The molecule has 2 nitrogen and oxygen atoms in total. The lowest BCUT2D eigenvalue weighted by Gasteiger charge is -2.55. The molecule has 0 aromatic carbocycles. The average molecular weight is 253 g/mol. The van der Waals surface area contributed by atoms with E-state index in [1.807, 2.05) is 0 Å². The summed E-state index contributed by atoms with van der Waals surface area (Å²) in [5.74, 6) is 0.631. The lowest BCUT2D eigenvalue weighted by molar-refractivity contribution is -0.165. The van der Waals surface area contributed by atoms with E-state index in [0.717, 1.165) is 6.04 Å². The van der Waals surface area contributed by atoms with Crippen LogP contribution in [0.25, 0.3) is 0 Å². The van der Waals surface area contributed by atoms with Gasteiger partial charge in [0.2, 0.25) is 0 Å². The van der Waals surface area contributed by atoms with Crippen LogP contribution in [0.15, 0.2) is 0 Å². The highest BCUT2D eigenvalue weighted by atomic mass is 16.5. The molecule has 0 saturated heterocycles. The minimum atomic E-state index is 0.402. The minimum Gasteiger partial charge on any atom is -0.374 e. The van der Waals surface area contributed by atoms with E-state index in [0.29, 0.717) is 23.5 Å². The fraction of sp³-hybridized carbons (Fsp3) is 1.00. The molecule has 0 aromatic heterocycles. The first-order valence-corrected chi connectivity index (χ1v) is 7.99. The summed E-state index contributed by atoms with van der Waals surface area (Å²) in [7, 11) is 0. The van der Waals surface area contributed by atoms with Crippen LogP contribution in [-0.2, 0) is 4.74 Å². The third-order valence-corrected chi connectivity index (χ3v) is 5.28. The van der Waals surface area contributed by atoms with E-state index in [1.165, 1.54) is 45.1 Å². The van der Waals surface area contributed by atoms with Crippen LogP contribution in [0.2, 0.25) is 0 Å². The van der Waals surface area contributed by atoms with Crippen LogP contribution in [0.3, 0.4) is 0 Å². The van der Waals surface area contributed by atoms with Gasteiger partial charge >= 0.3 is 0 Å². The predicted octanol–water partition coefficient (Wildman–Crippen LogP) is 3.75. The van der Waals surface area contributed by atoms with Crippen LogP contribution in [0.1, 0.15) is 66.2 Å². The van der Waals surface area contributed by atoms with Gasteiger partial charge in [-0.3, -0.25) is 0 Å². The Morgan fingerprint density at radius 3 is 2.44 bits per heavy atom. The molecule has 0 aliphatic heterocycles. The monoisotopic (exact) mass is 253 g/mol. The molecule has 0 aromatic rings. The van der Waals surface area contributed by atoms with E-state index in [4.69, 9.17) is 4.74 Å². The standard InChI is InChI=1S/C16H31NO/c1-5-10-17-14-11-15(18-13(4)12(2)3)16(14)8-6-7-9-16/h12-15,17H,5-11H2,1-4H3. The third kappa shape index (κ3) is 2.60. The summed E-state index contributed by atoms with van der Waals surface area (Å²) < 4.78 is 6.36. The zero-order chi connectivity index (χ0) is 13.2. The van der Waals surface area contributed by atoms with Crippen LogP contribution < -0.4 is 5.32 Å².